The van der Waals surface area contributed by atoms with Crippen molar-refractivity contribution in [2.45, 2.75) is 38.9 Å². The Morgan fingerprint density at radius 1 is 1.33 bits per heavy atom. The third-order valence-corrected chi connectivity index (χ3v) is 5.59. The van der Waals surface area contributed by atoms with Crippen LogP contribution in [0.1, 0.15) is 30.3 Å². The summed E-state index contributed by atoms with van der Waals surface area (Å²) in [5.41, 5.74) is 0.863. The second kappa shape index (κ2) is 7.35. The van der Waals surface area contributed by atoms with Crippen molar-refractivity contribution in [2.75, 3.05) is 12.8 Å². The maximum absolute atomic E-state index is 12.8. The van der Waals surface area contributed by atoms with E-state index in [0.29, 0.717) is 15.4 Å². The number of aryl methyl sites for hydroxylation is 2. The van der Waals surface area contributed by atoms with Gasteiger partial charge in [0.05, 0.1) is 11.1 Å². The van der Waals surface area contributed by atoms with E-state index in [9.17, 15) is 14.4 Å². The summed E-state index contributed by atoms with van der Waals surface area (Å²) in [6.07, 6.45) is 0. The predicted octanol–water partition coefficient (Wildman–Crippen LogP) is 2.20. The molecular formula is C15H20N4O3S2. The highest BCUT2D eigenvalue weighted by Gasteiger charge is 2.19. The Morgan fingerprint density at radius 3 is 2.58 bits per heavy atom. The molecule has 0 radical (unpaired) electrons. The number of thiophene rings is 1. The number of fused-ring (bicyclic) bond motifs is 1. The summed E-state index contributed by atoms with van der Waals surface area (Å²) < 4.78 is 1.60. The maximum Gasteiger partial charge on any atom is 0.321 e. The van der Waals surface area contributed by atoms with Crippen molar-refractivity contribution in [3.63, 3.8) is 0 Å². The number of urea groups is 1. The summed E-state index contributed by atoms with van der Waals surface area (Å²) in [6.45, 7) is 7.69. The molecule has 0 aliphatic heterocycles. The lowest BCUT2D eigenvalue weighted by molar-refractivity contribution is -0.117. The third-order valence-electron chi connectivity index (χ3n) is 3.53. The van der Waals surface area contributed by atoms with Crippen molar-refractivity contribution >= 4 is 45.3 Å². The second-order valence-electron chi connectivity index (χ2n) is 5.54. The van der Waals surface area contributed by atoms with Gasteiger partial charge in [0.1, 0.15) is 4.83 Å². The lowest BCUT2D eigenvalue weighted by Gasteiger charge is -2.15. The number of aromatic nitrogens is 2. The van der Waals surface area contributed by atoms with Crippen molar-refractivity contribution in [1.82, 2.24) is 20.2 Å². The molecule has 0 unspecified atom stereocenters. The topological polar surface area (TPSA) is 93.1 Å². The zero-order valence-electron chi connectivity index (χ0n) is 14.2. The van der Waals surface area contributed by atoms with E-state index in [4.69, 9.17) is 0 Å². The molecule has 2 heterocycles. The van der Waals surface area contributed by atoms with Crippen LogP contribution >= 0.6 is 23.1 Å². The first-order chi connectivity index (χ1) is 11.3. The summed E-state index contributed by atoms with van der Waals surface area (Å²) in [6, 6.07) is -0.645. The van der Waals surface area contributed by atoms with Crippen LogP contribution in [0.4, 0.5) is 4.79 Å². The minimum absolute atomic E-state index is 0.00141. The normalized spacial score (nSPS) is 11.1. The molecule has 0 saturated heterocycles. The largest absolute Gasteiger partial charge is 0.341 e. The fraction of sp³-hybridized carbons (Fsp3) is 0.467. The molecule has 0 fully saturated rings. The quantitative estimate of drug-likeness (QED) is 0.637. The second-order valence-corrected chi connectivity index (χ2v) is 7.69. The number of rotatable bonds is 4. The van der Waals surface area contributed by atoms with Crippen molar-refractivity contribution in [3.8, 4) is 0 Å². The van der Waals surface area contributed by atoms with Crippen LogP contribution in [0.25, 0.3) is 10.2 Å². The Labute approximate surface area is 147 Å². The zero-order valence-corrected chi connectivity index (χ0v) is 15.9. The molecular weight excluding hydrogens is 348 g/mol. The molecule has 0 saturated carbocycles. The van der Waals surface area contributed by atoms with Crippen LogP contribution in [0, 0.1) is 13.8 Å². The van der Waals surface area contributed by atoms with Crippen LogP contribution in [0.2, 0.25) is 0 Å². The van der Waals surface area contributed by atoms with Gasteiger partial charge in [-0.3, -0.25) is 19.5 Å². The molecule has 0 aliphatic carbocycles. The van der Waals surface area contributed by atoms with Gasteiger partial charge in [-0.05, 0) is 33.3 Å². The third kappa shape index (κ3) is 3.62. The molecule has 2 N–H and O–H groups in total. The maximum atomic E-state index is 12.8. The van der Waals surface area contributed by atoms with Gasteiger partial charge >= 0.3 is 6.03 Å². The van der Waals surface area contributed by atoms with E-state index in [1.807, 2.05) is 27.7 Å². The summed E-state index contributed by atoms with van der Waals surface area (Å²) in [4.78, 5) is 42.1. The van der Waals surface area contributed by atoms with Gasteiger partial charge in [0.25, 0.3) is 5.56 Å². The van der Waals surface area contributed by atoms with Crippen LogP contribution in [0.3, 0.4) is 0 Å². The molecule has 2 aromatic heterocycles. The van der Waals surface area contributed by atoms with Crippen LogP contribution in [0.15, 0.2) is 9.95 Å². The number of thioether (sulfide) groups is 1. The standard InChI is InChI=1S/C15H20N4O3S2/c1-7(2)19-13(21)11-8(3)9(4)24-12(11)18-15(19)23-6-10(20)17-14(22)16-5/h7H,6H2,1-5H3,(H2,16,17,20,22). The Morgan fingerprint density at radius 2 is 2.00 bits per heavy atom. The SMILES string of the molecule is CNC(=O)NC(=O)CSc1nc2sc(C)c(C)c2c(=O)n1C(C)C. The molecule has 0 aromatic carbocycles. The monoisotopic (exact) mass is 368 g/mol. The first kappa shape index (κ1) is 18.5. The molecule has 0 bridgehead atoms. The Kier molecular flexibility index (Phi) is 5.66. The smallest absolute Gasteiger partial charge is 0.321 e. The number of hydrogen-bond acceptors (Lipinski definition) is 6. The van der Waals surface area contributed by atoms with Gasteiger partial charge in [0.2, 0.25) is 5.91 Å². The van der Waals surface area contributed by atoms with Crippen LogP contribution in [0.5, 0.6) is 0 Å². The van der Waals surface area contributed by atoms with Crippen molar-refractivity contribution in [3.05, 3.63) is 20.8 Å². The molecule has 130 valence electrons. The fourth-order valence-corrected chi connectivity index (χ4v) is 4.20. The highest BCUT2D eigenvalue weighted by molar-refractivity contribution is 7.99. The summed E-state index contributed by atoms with van der Waals surface area (Å²) in [5, 5.41) is 5.63. The van der Waals surface area contributed by atoms with Gasteiger partial charge in [-0.15, -0.1) is 11.3 Å². The summed E-state index contributed by atoms with van der Waals surface area (Å²) in [5.74, 6) is -0.441. The molecule has 24 heavy (non-hydrogen) atoms. The van der Waals surface area contributed by atoms with E-state index in [1.165, 1.54) is 18.4 Å². The van der Waals surface area contributed by atoms with Crippen LogP contribution < -0.4 is 16.2 Å². The molecule has 0 atom stereocenters. The average Bonchev–Trinajstić information content (AvgIpc) is 2.79. The number of hydrogen-bond donors (Lipinski definition) is 2. The average molecular weight is 368 g/mol. The first-order valence-electron chi connectivity index (χ1n) is 7.42. The fourth-order valence-electron chi connectivity index (χ4n) is 2.20. The lowest BCUT2D eigenvalue weighted by atomic mass is 10.2. The van der Waals surface area contributed by atoms with E-state index in [2.05, 4.69) is 15.6 Å². The Bertz CT molecular complexity index is 855. The molecule has 3 amide bonds. The van der Waals surface area contributed by atoms with Crippen molar-refractivity contribution < 1.29 is 9.59 Å². The number of carbonyl (C=O) groups excluding carboxylic acids is 2. The van der Waals surface area contributed by atoms with Gasteiger partial charge in [0, 0.05) is 18.0 Å². The van der Waals surface area contributed by atoms with E-state index in [1.54, 1.807) is 4.57 Å². The molecule has 0 spiro atoms. The molecule has 2 aromatic rings. The van der Waals surface area contributed by atoms with Gasteiger partial charge in [0.15, 0.2) is 5.16 Å². The van der Waals surface area contributed by atoms with Gasteiger partial charge in [-0.25, -0.2) is 9.78 Å². The molecule has 0 aliphatic rings. The number of nitrogens with one attached hydrogen (secondary N) is 2. The zero-order chi connectivity index (χ0) is 18.0. The van der Waals surface area contributed by atoms with Crippen molar-refractivity contribution in [1.29, 1.82) is 0 Å². The molecule has 7 nitrogen and oxygen atoms in total. The summed E-state index contributed by atoms with van der Waals surface area (Å²) in [7, 11) is 1.43. The predicted molar refractivity (Wildman–Crippen MR) is 97.1 cm³/mol. The van der Waals surface area contributed by atoms with Gasteiger partial charge < -0.3 is 5.32 Å². The minimum atomic E-state index is -0.560. The number of imide groups is 1. The van der Waals surface area contributed by atoms with Crippen LogP contribution in [-0.4, -0.2) is 34.3 Å². The highest BCUT2D eigenvalue weighted by atomic mass is 32.2. The summed E-state index contributed by atoms with van der Waals surface area (Å²) >= 11 is 2.62. The molecule has 9 heteroatoms. The number of amides is 3. The van der Waals surface area contributed by atoms with E-state index < -0.39 is 11.9 Å². The Balaban J connectivity index is 2.39. The van der Waals surface area contributed by atoms with E-state index in [-0.39, 0.29) is 17.4 Å². The Hall–Kier alpha value is -1.87. The van der Waals surface area contributed by atoms with Gasteiger partial charge in [-0.1, -0.05) is 11.8 Å². The van der Waals surface area contributed by atoms with Gasteiger partial charge in [-0.2, -0.15) is 0 Å². The van der Waals surface area contributed by atoms with E-state index >= 15 is 0 Å². The first-order valence-corrected chi connectivity index (χ1v) is 9.23. The van der Waals surface area contributed by atoms with Crippen molar-refractivity contribution in [2.24, 2.45) is 0 Å². The highest BCUT2D eigenvalue weighted by Crippen LogP contribution is 2.29. The minimum Gasteiger partial charge on any atom is -0.341 e. The molecule has 2 rings (SSSR count). The lowest BCUT2D eigenvalue weighted by Crippen LogP contribution is -2.38. The van der Waals surface area contributed by atoms with Crippen LogP contribution in [-0.2, 0) is 4.79 Å². The van der Waals surface area contributed by atoms with E-state index in [0.717, 1.165) is 22.2 Å². The number of nitrogens with zero attached hydrogens (tertiary/aromatic N) is 2. The number of carbonyl (C=O) groups is 2.